The monoisotopic (exact) mass is 249 g/mol. The number of nitrogens with one attached hydrogen (secondary N) is 1. The van der Waals surface area contributed by atoms with E-state index >= 15 is 0 Å². The first-order chi connectivity index (χ1) is 8.92. The smallest absolute Gasteiger partial charge is 0.0910 e. The van der Waals surface area contributed by atoms with Crippen molar-refractivity contribution >= 4 is 0 Å². The molecule has 1 aromatic rings. The molecule has 2 heterocycles. The van der Waals surface area contributed by atoms with Gasteiger partial charge < -0.3 is 10.1 Å². The van der Waals surface area contributed by atoms with Gasteiger partial charge in [-0.3, -0.25) is 4.68 Å². The van der Waals surface area contributed by atoms with Crippen LogP contribution in [0.25, 0.3) is 0 Å². The fraction of sp³-hybridized carbons (Fsp3) is 0.786. The van der Waals surface area contributed by atoms with Gasteiger partial charge in [-0.1, -0.05) is 12.8 Å². The zero-order chi connectivity index (χ0) is 12.2. The quantitative estimate of drug-likeness (QED) is 0.889. The molecule has 0 bridgehead atoms. The summed E-state index contributed by atoms with van der Waals surface area (Å²) in [6, 6.07) is 2.75. The normalized spacial score (nSPS) is 22.7. The van der Waals surface area contributed by atoms with Crippen LogP contribution in [-0.4, -0.2) is 29.0 Å². The highest BCUT2D eigenvalue weighted by molar-refractivity contribution is 4.98. The van der Waals surface area contributed by atoms with Gasteiger partial charge in [0.1, 0.15) is 0 Å². The SMILES string of the molecule is c1cn(C2CCCC2)nc1COC1CCNCC1. The maximum absolute atomic E-state index is 5.93. The van der Waals surface area contributed by atoms with Gasteiger partial charge in [-0.05, 0) is 44.8 Å². The van der Waals surface area contributed by atoms with Crippen molar-refractivity contribution in [3.05, 3.63) is 18.0 Å². The van der Waals surface area contributed by atoms with Gasteiger partial charge in [-0.25, -0.2) is 0 Å². The molecule has 1 saturated carbocycles. The van der Waals surface area contributed by atoms with E-state index < -0.39 is 0 Å². The lowest BCUT2D eigenvalue weighted by molar-refractivity contribution is 0.0193. The van der Waals surface area contributed by atoms with Gasteiger partial charge in [0.25, 0.3) is 0 Å². The van der Waals surface area contributed by atoms with E-state index in [1.54, 1.807) is 0 Å². The van der Waals surface area contributed by atoms with Crippen molar-refractivity contribution in [2.75, 3.05) is 13.1 Å². The van der Waals surface area contributed by atoms with Crippen molar-refractivity contribution in [1.29, 1.82) is 0 Å². The highest BCUT2D eigenvalue weighted by atomic mass is 16.5. The van der Waals surface area contributed by atoms with E-state index in [9.17, 15) is 0 Å². The second kappa shape index (κ2) is 5.85. The van der Waals surface area contributed by atoms with Crippen LogP contribution in [0.15, 0.2) is 12.3 Å². The highest BCUT2D eigenvalue weighted by Crippen LogP contribution is 2.28. The van der Waals surface area contributed by atoms with Crippen LogP contribution in [0.2, 0.25) is 0 Å². The maximum atomic E-state index is 5.93. The van der Waals surface area contributed by atoms with Gasteiger partial charge in [0.2, 0.25) is 0 Å². The topological polar surface area (TPSA) is 39.1 Å². The standard InChI is InChI=1S/C14H23N3O/c1-2-4-13(3-1)17-10-7-12(16-17)11-18-14-5-8-15-9-6-14/h7,10,13-15H,1-6,8-9,11H2. The van der Waals surface area contributed by atoms with Crippen molar-refractivity contribution in [1.82, 2.24) is 15.1 Å². The molecule has 2 aliphatic rings. The van der Waals surface area contributed by atoms with Gasteiger partial charge in [-0.2, -0.15) is 5.10 Å². The van der Waals surface area contributed by atoms with Crippen LogP contribution < -0.4 is 5.32 Å². The summed E-state index contributed by atoms with van der Waals surface area (Å²) >= 11 is 0. The summed E-state index contributed by atoms with van der Waals surface area (Å²) in [4.78, 5) is 0. The minimum Gasteiger partial charge on any atom is -0.372 e. The Labute approximate surface area is 109 Å². The Kier molecular flexibility index (Phi) is 3.96. The van der Waals surface area contributed by atoms with Crippen LogP contribution in [-0.2, 0) is 11.3 Å². The molecule has 1 N–H and O–H groups in total. The first-order valence-electron chi connectivity index (χ1n) is 7.28. The molecule has 4 heteroatoms. The maximum Gasteiger partial charge on any atom is 0.0910 e. The Bertz CT molecular complexity index is 365. The average molecular weight is 249 g/mol. The summed E-state index contributed by atoms with van der Waals surface area (Å²) in [5.74, 6) is 0. The van der Waals surface area contributed by atoms with Crippen LogP contribution in [0.4, 0.5) is 0 Å². The van der Waals surface area contributed by atoms with Gasteiger partial charge in [-0.15, -0.1) is 0 Å². The molecular weight excluding hydrogens is 226 g/mol. The van der Waals surface area contributed by atoms with Crippen LogP contribution in [0.3, 0.4) is 0 Å². The fourth-order valence-corrected chi connectivity index (χ4v) is 2.99. The molecule has 4 nitrogen and oxygen atoms in total. The molecule has 2 fully saturated rings. The van der Waals surface area contributed by atoms with Crippen LogP contribution in [0.5, 0.6) is 0 Å². The van der Waals surface area contributed by atoms with E-state index in [1.165, 1.54) is 25.7 Å². The van der Waals surface area contributed by atoms with Crippen molar-refractivity contribution in [2.24, 2.45) is 0 Å². The van der Waals surface area contributed by atoms with Gasteiger partial charge in [0.15, 0.2) is 0 Å². The number of piperidine rings is 1. The predicted octanol–water partition coefficient (Wildman–Crippen LogP) is 2.27. The minimum atomic E-state index is 0.419. The third-order valence-corrected chi connectivity index (χ3v) is 4.12. The van der Waals surface area contributed by atoms with Crippen LogP contribution in [0, 0.1) is 0 Å². The van der Waals surface area contributed by atoms with Gasteiger partial charge in [0.05, 0.1) is 24.4 Å². The number of nitrogens with zero attached hydrogens (tertiary/aromatic N) is 2. The summed E-state index contributed by atoms with van der Waals surface area (Å²) in [5, 5.41) is 8.01. The molecule has 18 heavy (non-hydrogen) atoms. The average Bonchev–Trinajstić information content (AvgIpc) is 3.08. The Morgan fingerprint density at radius 1 is 1.22 bits per heavy atom. The largest absolute Gasteiger partial charge is 0.372 e. The second-order valence-corrected chi connectivity index (χ2v) is 5.49. The highest BCUT2D eigenvalue weighted by Gasteiger charge is 2.18. The Balaban J connectivity index is 1.50. The molecule has 0 radical (unpaired) electrons. The van der Waals surface area contributed by atoms with Crippen LogP contribution in [0.1, 0.15) is 50.3 Å². The number of ether oxygens (including phenoxy) is 1. The molecular formula is C14H23N3O. The van der Waals surface area contributed by atoms with E-state index in [2.05, 4.69) is 27.4 Å². The summed E-state index contributed by atoms with van der Waals surface area (Å²) in [6.07, 6.45) is 10.1. The van der Waals surface area contributed by atoms with E-state index in [0.29, 0.717) is 18.8 Å². The van der Waals surface area contributed by atoms with Crippen molar-refractivity contribution in [2.45, 2.75) is 57.3 Å². The van der Waals surface area contributed by atoms with Crippen LogP contribution >= 0.6 is 0 Å². The zero-order valence-corrected chi connectivity index (χ0v) is 11.0. The predicted molar refractivity (Wildman–Crippen MR) is 70.4 cm³/mol. The first-order valence-corrected chi connectivity index (χ1v) is 7.28. The molecule has 1 saturated heterocycles. The van der Waals surface area contributed by atoms with E-state index in [1.807, 2.05) is 0 Å². The summed E-state index contributed by atoms with van der Waals surface area (Å²) in [6.45, 7) is 2.84. The molecule has 0 aromatic carbocycles. The zero-order valence-electron chi connectivity index (χ0n) is 11.0. The molecule has 3 rings (SSSR count). The molecule has 0 unspecified atom stereocenters. The minimum absolute atomic E-state index is 0.419. The third kappa shape index (κ3) is 2.93. The lowest BCUT2D eigenvalue weighted by atomic mass is 10.1. The molecule has 1 aliphatic heterocycles. The lowest BCUT2D eigenvalue weighted by Crippen LogP contribution is -2.32. The number of rotatable bonds is 4. The van der Waals surface area contributed by atoms with Gasteiger partial charge >= 0.3 is 0 Å². The van der Waals surface area contributed by atoms with Crippen molar-refractivity contribution < 1.29 is 4.74 Å². The Hall–Kier alpha value is -0.870. The number of aromatic nitrogens is 2. The lowest BCUT2D eigenvalue weighted by Gasteiger charge is -2.22. The number of hydrogen-bond acceptors (Lipinski definition) is 3. The van der Waals surface area contributed by atoms with Crippen molar-refractivity contribution in [3.8, 4) is 0 Å². The van der Waals surface area contributed by atoms with E-state index in [0.717, 1.165) is 31.6 Å². The second-order valence-electron chi connectivity index (χ2n) is 5.49. The first kappa shape index (κ1) is 12.2. The summed E-state index contributed by atoms with van der Waals surface area (Å²) < 4.78 is 8.08. The molecule has 1 aromatic heterocycles. The molecule has 0 amide bonds. The third-order valence-electron chi connectivity index (χ3n) is 4.12. The fourth-order valence-electron chi connectivity index (χ4n) is 2.99. The Morgan fingerprint density at radius 2 is 2.00 bits per heavy atom. The van der Waals surface area contributed by atoms with E-state index in [-0.39, 0.29) is 0 Å². The molecule has 1 aliphatic carbocycles. The van der Waals surface area contributed by atoms with E-state index in [4.69, 9.17) is 4.74 Å². The summed E-state index contributed by atoms with van der Waals surface area (Å²) in [5.41, 5.74) is 1.08. The molecule has 100 valence electrons. The number of hydrogen-bond donors (Lipinski definition) is 1. The molecule has 0 spiro atoms. The summed E-state index contributed by atoms with van der Waals surface area (Å²) in [7, 11) is 0. The van der Waals surface area contributed by atoms with Crippen molar-refractivity contribution in [3.63, 3.8) is 0 Å². The molecule has 0 atom stereocenters. The Morgan fingerprint density at radius 3 is 2.78 bits per heavy atom. The van der Waals surface area contributed by atoms with Gasteiger partial charge in [0, 0.05) is 6.20 Å².